The van der Waals surface area contributed by atoms with Gasteiger partial charge in [0, 0.05) is 0 Å². The highest BCUT2D eigenvalue weighted by atomic mass is 16.8. The van der Waals surface area contributed by atoms with Gasteiger partial charge in [-0.25, -0.2) is 0 Å². The number of nitrogens with zero attached hydrogens (tertiary/aromatic N) is 4. The molecule has 0 bridgehead atoms. The van der Waals surface area contributed by atoms with Crippen molar-refractivity contribution in [2.75, 3.05) is 0 Å². The van der Waals surface area contributed by atoms with E-state index in [0.717, 1.165) is 6.92 Å². The summed E-state index contributed by atoms with van der Waals surface area (Å²) in [7, 11) is 0. The van der Waals surface area contributed by atoms with Crippen molar-refractivity contribution in [3.05, 3.63) is 0 Å². The van der Waals surface area contributed by atoms with E-state index < -0.39 is 74.5 Å². The number of hydrogen-bond acceptors (Lipinski definition) is 13. The van der Waals surface area contributed by atoms with Crippen molar-refractivity contribution in [3.63, 3.8) is 0 Å². The predicted octanol–water partition coefficient (Wildman–Crippen LogP) is -2.81. The number of amides is 4. The van der Waals surface area contributed by atoms with Crippen LogP contribution < -0.4 is 0 Å². The summed E-state index contributed by atoms with van der Waals surface area (Å²) in [5.41, 5.74) is -2.85. The van der Waals surface area contributed by atoms with Crippen molar-refractivity contribution >= 4 is 23.6 Å². The molecule has 0 spiro atoms. The molecule has 1 aliphatic rings. The van der Waals surface area contributed by atoms with E-state index in [4.69, 9.17) is 46.4 Å². The summed E-state index contributed by atoms with van der Waals surface area (Å²) >= 11 is 0. The second-order valence-corrected chi connectivity index (χ2v) is 5.26. The predicted molar refractivity (Wildman–Crippen MR) is 66.6 cm³/mol. The maximum atomic E-state index is 12.2. The van der Waals surface area contributed by atoms with Gasteiger partial charge in [0.05, 0.1) is 11.8 Å². The summed E-state index contributed by atoms with van der Waals surface area (Å²) in [5.74, 6) is -12.5. The number of hydroxylamine groups is 8. The van der Waals surface area contributed by atoms with E-state index in [1.54, 1.807) is 0 Å². The molecule has 1 rings (SSSR count). The minimum absolute atomic E-state index is 0.713. The third-order valence-electron chi connectivity index (χ3n) is 3.98. The summed E-state index contributed by atoms with van der Waals surface area (Å²) < 4.78 is 4.95. The minimum Gasteiger partial charge on any atom is -0.350 e. The van der Waals surface area contributed by atoms with Gasteiger partial charge in [-0.05, 0) is 6.42 Å². The fourth-order valence-electron chi connectivity index (χ4n) is 2.85. The fourth-order valence-corrected chi connectivity index (χ4v) is 2.85. The molecule has 0 aromatic carbocycles. The summed E-state index contributed by atoms with van der Waals surface area (Å²) in [5, 5.41) is 67.2. The van der Waals surface area contributed by atoms with Crippen LogP contribution in [0.1, 0.15) is 13.3 Å². The summed E-state index contributed by atoms with van der Waals surface area (Å²) in [6.45, 7) is 1.08. The van der Waals surface area contributed by atoms with Crippen LogP contribution >= 0.6 is 0 Å². The Hall–Kier alpha value is -2.48. The van der Waals surface area contributed by atoms with Crippen molar-refractivity contribution < 1.29 is 65.6 Å². The molecule has 17 nitrogen and oxygen atoms in total. The van der Waals surface area contributed by atoms with Gasteiger partial charge in [-0.15, -0.1) is 0 Å². The zero-order valence-corrected chi connectivity index (χ0v) is 13.3. The first kappa shape index (κ1) is 22.6. The average molecular weight is 400 g/mol. The standard InChI is InChI=1S/C10H16N4O13/c1-2-10(9(18)14(25)26)4(7(16)12(21)22)3(6(15)11(19)20)5(27-10)8(17)13(23)24/h3-5,19-26H,2H2,1H3. The molecule has 0 aromatic rings. The molecule has 4 amide bonds. The van der Waals surface area contributed by atoms with Crippen molar-refractivity contribution in [1.82, 2.24) is 20.9 Å². The quantitative estimate of drug-likeness (QED) is 0.171. The maximum absolute atomic E-state index is 12.2. The van der Waals surface area contributed by atoms with Gasteiger partial charge in [0.1, 0.15) is 0 Å². The Bertz CT molecular complexity index is 622. The molecule has 4 unspecified atom stereocenters. The normalized spacial score (nSPS) is 27.1. The van der Waals surface area contributed by atoms with E-state index in [-0.39, 0.29) is 0 Å². The van der Waals surface area contributed by atoms with Gasteiger partial charge in [-0.3, -0.25) is 60.8 Å². The van der Waals surface area contributed by atoms with Crippen LogP contribution in [0.2, 0.25) is 0 Å². The molecule has 1 fully saturated rings. The van der Waals surface area contributed by atoms with Gasteiger partial charge >= 0.3 is 11.8 Å². The zero-order chi connectivity index (χ0) is 21.3. The Morgan fingerprint density at radius 2 is 1.22 bits per heavy atom. The van der Waals surface area contributed by atoms with Crippen LogP contribution in [-0.2, 0) is 23.9 Å². The number of carbonyl (C=O) groups excluding carboxylic acids is 4. The Morgan fingerprint density at radius 3 is 1.56 bits per heavy atom. The van der Waals surface area contributed by atoms with Crippen molar-refractivity contribution in [2.24, 2.45) is 11.8 Å². The Labute approximate surface area is 148 Å². The fraction of sp³-hybridized carbons (Fsp3) is 0.600. The van der Waals surface area contributed by atoms with Crippen molar-refractivity contribution in [2.45, 2.75) is 25.0 Å². The molecular formula is C10H16N4O13. The lowest BCUT2D eigenvalue weighted by Crippen LogP contribution is -2.56. The average Bonchev–Trinajstić information content (AvgIpc) is 2.94. The Morgan fingerprint density at radius 1 is 0.778 bits per heavy atom. The van der Waals surface area contributed by atoms with Crippen LogP contribution in [0.25, 0.3) is 0 Å². The Balaban J connectivity index is 3.72. The molecule has 1 heterocycles. The van der Waals surface area contributed by atoms with Gasteiger partial charge < -0.3 is 4.74 Å². The molecule has 154 valence electrons. The van der Waals surface area contributed by atoms with Crippen molar-refractivity contribution in [3.8, 4) is 0 Å². The first-order chi connectivity index (χ1) is 12.3. The molecular weight excluding hydrogens is 384 g/mol. The largest absolute Gasteiger partial charge is 0.350 e. The molecule has 1 saturated heterocycles. The molecule has 0 radical (unpaired) electrons. The topological polar surface area (TPSA) is 252 Å². The van der Waals surface area contributed by atoms with E-state index in [1.165, 1.54) is 0 Å². The maximum Gasteiger partial charge on any atom is 0.305 e. The third-order valence-corrected chi connectivity index (χ3v) is 3.98. The van der Waals surface area contributed by atoms with Crippen molar-refractivity contribution in [1.29, 1.82) is 0 Å². The lowest BCUT2D eigenvalue weighted by atomic mass is 9.76. The molecule has 17 heteroatoms. The van der Waals surface area contributed by atoms with Crippen LogP contribution in [0.15, 0.2) is 0 Å². The summed E-state index contributed by atoms with van der Waals surface area (Å²) in [6, 6.07) is 0. The number of carbonyl (C=O) groups is 4. The molecule has 0 aromatic heterocycles. The number of hydrogen-bond donors (Lipinski definition) is 8. The molecule has 1 aliphatic heterocycles. The van der Waals surface area contributed by atoms with E-state index in [2.05, 4.69) is 0 Å². The highest BCUT2D eigenvalue weighted by Crippen LogP contribution is 2.46. The van der Waals surface area contributed by atoms with E-state index >= 15 is 0 Å². The van der Waals surface area contributed by atoms with Crippen LogP contribution in [0, 0.1) is 11.8 Å². The second-order valence-electron chi connectivity index (χ2n) is 5.26. The lowest BCUT2D eigenvalue weighted by molar-refractivity contribution is -0.306. The summed E-state index contributed by atoms with van der Waals surface area (Å²) in [4.78, 5) is 48.3. The van der Waals surface area contributed by atoms with Crippen LogP contribution in [-0.4, -0.2) is 97.9 Å². The molecule has 8 N–H and O–H groups in total. The number of ether oxygens (including phenoxy) is 1. The van der Waals surface area contributed by atoms with Crippen LogP contribution in [0.3, 0.4) is 0 Å². The molecule has 27 heavy (non-hydrogen) atoms. The van der Waals surface area contributed by atoms with Gasteiger partial charge in [-0.2, -0.15) is 0 Å². The van der Waals surface area contributed by atoms with Gasteiger partial charge in [0.2, 0.25) is 0 Å². The van der Waals surface area contributed by atoms with Gasteiger partial charge in [-0.1, -0.05) is 27.8 Å². The highest BCUT2D eigenvalue weighted by molar-refractivity contribution is 5.99. The SMILES string of the molecule is CCC1(C(=O)N(O)O)OC(C(=O)N(O)O)C(C(=O)N(O)O)C1C(=O)N(O)O. The second kappa shape index (κ2) is 8.04. The minimum atomic E-state index is -2.85. The van der Waals surface area contributed by atoms with Gasteiger partial charge in [0.15, 0.2) is 11.7 Å². The van der Waals surface area contributed by atoms with Crippen LogP contribution in [0.4, 0.5) is 0 Å². The van der Waals surface area contributed by atoms with E-state index in [0.29, 0.717) is 0 Å². The smallest absolute Gasteiger partial charge is 0.305 e. The van der Waals surface area contributed by atoms with E-state index in [1.807, 2.05) is 0 Å². The zero-order valence-electron chi connectivity index (χ0n) is 13.3. The number of rotatable bonds is 5. The lowest BCUT2D eigenvalue weighted by Gasteiger charge is -2.32. The monoisotopic (exact) mass is 400 g/mol. The first-order valence-electron chi connectivity index (χ1n) is 6.88. The highest BCUT2D eigenvalue weighted by Gasteiger charge is 2.68. The summed E-state index contributed by atoms with van der Waals surface area (Å²) in [6.07, 6.45) is -3.19. The van der Waals surface area contributed by atoms with Gasteiger partial charge in [0.25, 0.3) is 11.8 Å². The van der Waals surface area contributed by atoms with Crippen LogP contribution in [0.5, 0.6) is 0 Å². The Kier molecular flexibility index (Phi) is 6.72. The molecule has 4 atom stereocenters. The van der Waals surface area contributed by atoms with E-state index in [9.17, 15) is 19.2 Å². The molecule has 0 aliphatic carbocycles. The first-order valence-corrected chi connectivity index (χ1v) is 6.88. The molecule has 0 saturated carbocycles. The third kappa shape index (κ3) is 3.80.